The lowest BCUT2D eigenvalue weighted by Crippen LogP contribution is -2.15. The summed E-state index contributed by atoms with van der Waals surface area (Å²) in [5.74, 6) is 1.30. The average Bonchev–Trinajstić information content (AvgIpc) is 2.84. The first kappa shape index (κ1) is 18.6. The van der Waals surface area contributed by atoms with Crippen molar-refractivity contribution in [1.29, 1.82) is 0 Å². The van der Waals surface area contributed by atoms with Crippen molar-refractivity contribution in [3.05, 3.63) is 77.4 Å². The first-order chi connectivity index (χ1) is 14.0. The highest BCUT2D eigenvalue weighted by Gasteiger charge is 2.21. The summed E-state index contributed by atoms with van der Waals surface area (Å²) < 4.78 is 11.0. The SMILES string of the molecule is COc1ccc(CC(=O)Nc2ccc3c(c2)C(=O)Nc2cc(C)ccc2O3)cc1. The molecule has 146 valence electrons. The van der Waals surface area contributed by atoms with Crippen molar-refractivity contribution in [3.63, 3.8) is 0 Å². The van der Waals surface area contributed by atoms with E-state index < -0.39 is 0 Å². The van der Waals surface area contributed by atoms with Gasteiger partial charge in [-0.15, -0.1) is 0 Å². The molecule has 6 nitrogen and oxygen atoms in total. The molecule has 0 fully saturated rings. The van der Waals surface area contributed by atoms with E-state index in [1.54, 1.807) is 25.3 Å². The summed E-state index contributed by atoms with van der Waals surface area (Å²) in [6, 6.07) is 17.9. The highest BCUT2D eigenvalue weighted by atomic mass is 16.5. The van der Waals surface area contributed by atoms with Crippen molar-refractivity contribution in [2.75, 3.05) is 17.7 Å². The van der Waals surface area contributed by atoms with E-state index in [0.717, 1.165) is 16.9 Å². The molecule has 0 bridgehead atoms. The molecule has 1 aliphatic rings. The zero-order chi connectivity index (χ0) is 20.4. The topological polar surface area (TPSA) is 76.7 Å². The van der Waals surface area contributed by atoms with E-state index in [1.165, 1.54) is 0 Å². The third-order valence-electron chi connectivity index (χ3n) is 4.63. The van der Waals surface area contributed by atoms with Gasteiger partial charge in [0.1, 0.15) is 11.5 Å². The lowest BCUT2D eigenvalue weighted by Gasteiger charge is -2.10. The molecule has 0 saturated heterocycles. The number of benzene rings is 3. The summed E-state index contributed by atoms with van der Waals surface area (Å²) in [6.07, 6.45) is 0.217. The molecule has 0 unspecified atom stereocenters. The molecule has 0 aliphatic carbocycles. The van der Waals surface area contributed by atoms with Gasteiger partial charge in [0.05, 0.1) is 24.8 Å². The van der Waals surface area contributed by atoms with Gasteiger partial charge in [-0.1, -0.05) is 18.2 Å². The van der Waals surface area contributed by atoms with E-state index in [4.69, 9.17) is 9.47 Å². The molecule has 0 saturated carbocycles. The van der Waals surface area contributed by atoms with Crippen molar-refractivity contribution >= 4 is 23.2 Å². The second-order valence-electron chi connectivity index (χ2n) is 6.84. The number of carbonyl (C=O) groups excluding carboxylic acids is 2. The quantitative estimate of drug-likeness (QED) is 0.688. The van der Waals surface area contributed by atoms with E-state index in [9.17, 15) is 9.59 Å². The fraction of sp³-hybridized carbons (Fsp3) is 0.130. The van der Waals surface area contributed by atoms with Crippen LogP contribution in [-0.2, 0) is 11.2 Å². The highest BCUT2D eigenvalue weighted by molar-refractivity contribution is 6.09. The monoisotopic (exact) mass is 388 g/mol. The Bertz CT molecular complexity index is 1090. The Balaban J connectivity index is 1.51. The Morgan fingerprint density at radius 1 is 1.03 bits per heavy atom. The number of rotatable bonds is 4. The van der Waals surface area contributed by atoms with Gasteiger partial charge in [-0.05, 0) is 60.5 Å². The fourth-order valence-electron chi connectivity index (χ4n) is 3.15. The van der Waals surface area contributed by atoms with Crippen LogP contribution >= 0.6 is 0 Å². The van der Waals surface area contributed by atoms with Crippen LogP contribution in [0.4, 0.5) is 11.4 Å². The Morgan fingerprint density at radius 3 is 2.55 bits per heavy atom. The van der Waals surface area contributed by atoms with Gasteiger partial charge >= 0.3 is 0 Å². The minimum atomic E-state index is -0.282. The Kier molecular flexibility index (Phi) is 4.91. The number of amides is 2. The molecule has 0 radical (unpaired) electrons. The highest BCUT2D eigenvalue weighted by Crippen LogP contribution is 2.37. The van der Waals surface area contributed by atoms with Gasteiger partial charge in [-0.3, -0.25) is 9.59 Å². The minimum Gasteiger partial charge on any atom is -0.497 e. The van der Waals surface area contributed by atoms with Crippen LogP contribution in [0, 0.1) is 6.92 Å². The number of ether oxygens (including phenoxy) is 2. The molecule has 0 aromatic heterocycles. The predicted molar refractivity (Wildman–Crippen MR) is 111 cm³/mol. The molecular formula is C23H20N2O4. The van der Waals surface area contributed by atoms with Crippen molar-refractivity contribution in [2.45, 2.75) is 13.3 Å². The number of nitrogens with one attached hydrogen (secondary N) is 2. The van der Waals surface area contributed by atoms with E-state index in [1.807, 2.05) is 49.4 Å². The molecule has 3 aromatic carbocycles. The van der Waals surface area contributed by atoms with Gasteiger partial charge in [0.25, 0.3) is 5.91 Å². The summed E-state index contributed by atoms with van der Waals surface area (Å²) >= 11 is 0. The van der Waals surface area contributed by atoms with Crippen LogP contribution in [0.15, 0.2) is 60.7 Å². The maximum Gasteiger partial charge on any atom is 0.259 e. The molecule has 29 heavy (non-hydrogen) atoms. The van der Waals surface area contributed by atoms with E-state index in [2.05, 4.69) is 10.6 Å². The van der Waals surface area contributed by atoms with Crippen molar-refractivity contribution < 1.29 is 19.1 Å². The van der Waals surface area contributed by atoms with Gasteiger partial charge < -0.3 is 20.1 Å². The third-order valence-corrected chi connectivity index (χ3v) is 4.63. The zero-order valence-electron chi connectivity index (χ0n) is 16.1. The first-order valence-electron chi connectivity index (χ1n) is 9.18. The van der Waals surface area contributed by atoms with Crippen molar-refractivity contribution in [3.8, 4) is 17.2 Å². The molecule has 0 atom stereocenters. The van der Waals surface area contributed by atoms with Gasteiger partial charge in [0.15, 0.2) is 5.75 Å². The van der Waals surface area contributed by atoms with Crippen LogP contribution in [-0.4, -0.2) is 18.9 Å². The summed E-state index contributed by atoms with van der Waals surface area (Å²) in [7, 11) is 1.60. The lowest BCUT2D eigenvalue weighted by atomic mass is 10.1. The van der Waals surface area contributed by atoms with Crippen LogP contribution < -0.4 is 20.1 Å². The first-order valence-corrected chi connectivity index (χ1v) is 9.18. The average molecular weight is 388 g/mol. The van der Waals surface area contributed by atoms with Gasteiger partial charge in [0, 0.05) is 5.69 Å². The Hall–Kier alpha value is -3.80. The largest absolute Gasteiger partial charge is 0.497 e. The molecule has 4 rings (SSSR count). The number of methoxy groups -OCH3 is 1. The van der Waals surface area contributed by atoms with Gasteiger partial charge in [-0.2, -0.15) is 0 Å². The molecule has 6 heteroatoms. The lowest BCUT2D eigenvalue weighted by molar-refractivity contribution is -0.115. The second kappa shape index (κ2) is 7.67. The number of aryl methyl sites for hydroxylation is 1. The number of anilines is 2. The fourth-order valence-corrected chi connectivity index (χ4v) is 3.15. The van der Waals surface area contributed by atoms with Gasteiger partial charge in [-0.25, -0.2) is 0 Å². The number of hydrogen-bond donors (Lipinski definition) is 2. The summed E-state index contributed by atoms with van der Waals surface area (Å²) in [5, 5.41) is 5.70. The molecule has 1 aliphatic heterocycles. The minimum absolute atomic E-state index is 0.177. The number of hydrogen-bond acceptors (Lipinski definition) is 4. The normalized spacial score (nSPS) is 12.0. The second-order valence-corrected chi connectivity index (χ2v) is 6.84. The van der Waals surface area contributed by atoms with Crippen molar-refractivity contribution in [1.82, 2.24) is 0 Å². The van der Waals surface area contributed by atoms with Crippen LogP contribution in [0.1, 0.15) is 21.5 Å². The maximum atomic E-state index is 12.7. The molecular weight excluding hydrogens is 368 g/mol. The summed E-state index contributed by atoms with van der Waals surface area (Å²) in [5.41, 5.74) is 3.40. The van der Waals surface area contributed by atoms with Crippen LogP contribution in [0.25, 0.3) is 0 Å². The summed E-state index contributed by atoms with van der Waals surface area (Å²) in [4.78, 5) is 25.0. The van der Waals surface area contributed by atoms with E-state index >= 15 is 0 Å². The third kappa shape index (κ3) is 4.06. The Labute approximate surface area is 168 Å². The number of carbonyl (C=O) groups is 2. The maximum absolute atomic E-state index is 12.7. The van der Waals surface area contributed by atoms with Gasteiger partial charge in [0.2, 0.25) is 5.91 Å². The van der Waals surface area contributed by atoms with Crippen LogP contribution in [0.3, 0.4) is 0 Å². The zero-order valence-corrected chi connectivity index (χ0v) is 16.1. The predicted octanol–water partition coefficient (Wildman–Crippen LogP) is 4.54. The van der Waals surface area contributed by atoms with Crippen molar-refractivity contribution in [2.24, 2.45) is 0 Å². The molecule has 2 N–H and O–H groups in total. The van der Waals surface area contributed by atoms with E-state index in [-0.39, 0.29) is 18.2 Å². The van der Waals surface area contributed by atoms with E-state index in [0.29, 0.717) is 28.4 Å². The molecule has 0 spiro atoms. The van der Waals surface area contributed by atoms with Crippen LogP contribution in [0.5, 0.6) is 17.2 Å². The summed E-state index contributed by atoms with van der Waals surface area (Å²) in [6.45, 7) is 1.95. The molecule has 3 aromatic rings. The smallest absolute Gasteiger partial charge is 0.259 e. The molecule has 2 amide bonds. The standard InChI is InChI=1S/C23H20N2O4/c1-14-3-9-21-19(11-14)25-23(27)18-13-16(6-10-20(18)29-21)24-22(26)12-15-4-7-17(28-2)8-5-15/h3-11,13H,12H2,1-2H3,(H,24,26)(H,25,27). The van der Waals surface area contributed by atoms with Crippen LogP contribution in [0.2, 0.25) is 0 Å². The Morgan fingerprint density at radius 2 is 1.79 bits per heavy atom. The number of fused-ring (bicyclic) bond motifs is 2. The molecule has 1 heterocycles.